The number of ether oxygens (including phenoxy) is 2. The molecule has 1 amide bonds. The van der Waals surface area contributed by atoms with Gasteiger partial charge in [0.1, 0.15) is 12.1 Å². The van der Waals surface area contributed by atoms with E-state index in [1.807, 2.05) is 0 Å². The highest BCUT2D eigenvalue weighted by Gasteiger charge is 2.35. The van der Waals surface area contributed by atoms with E-state index in [4.69, 9.17) is 15.2 Å². The van der Waals surface area contributed by atoms with Gasteiger partial charge in [0.15, 0.2) is 0 Å². The van der Waals surface area contributed by atoms with Gasteiger partial charge in [-0.15, -0.1) is 0 Å². The molecule has 6 heteroatoms. The molecule has 2 atom stereocenters. The molecule has 1 saturated heterocycles. The van der Waals surface area contributed by atoms with Crippen molar-refractivity contribution in [3.8, 4) is 0 Å². The number of carbonyl (C=O) groups excluding carboxylic acids is 2. The average molecular weight is 244 g/mol. The van der Waals surface area contributed by atoms with Gasteiger partial charge >= 0.3 is 5.97 Å². The number of nitrogens with zero attached hydrogens (tertiary/aromatic N) is 1. The SMILES string of the molecule is COC(=O)C1CCCCN1C(=O)C(CN)OC. The van der Waals surface area contributed by atoms with Gasteiger partial charge in [0, 0.05) is 20.2 Å². The average Bonchev–Trinajstić information content (AvgIpc) is 2.39. The van der Waals surface area contributed by atoms with Crippen LogP contribution >= 0.6 is 0 Å². The summed E-state index contributed by atoms with van der Waals surface area (Å²) >= 11 is 0. The number of piperidine rings is 1. The third-order valence-electron chi connectivity index (χ3n) is 3.03. The van der Waals surface area contributed by atoms with Gasteiger partial charge in [-0.2, -0.15) is 0 Å². The van der Waals surface area contributed by atoms with Gasteiger partial charge in [-0.25, -0.2) is 4.79 Å². The van der Waals surface area contributed by atoms with Crippen LogP contribution in [0.3, 0.4) is 0 Å². The highest BCUT2D eigenvalue weighted by Crippen LogP contribution is 2.19. The lowest BCUT2D eigenvalue weighted by Crippen LogP contribution is -2.53. The predicted molar refractivity (Wildman–Crippen MR) is 61.2 cm³/mol. The molecule has 1 rings (SSSR count). The van der Waals surface area contributed by atoms with Crippen molar-refractivity contribution in [1.82, 2.24) is 4.90 Å². The number of carbonyl (C=O) groups is 2. The molecule has 0 aromatic rings. The van der Waals surface area contributed by atoms with Crippen LogP contribution in [0.4, 0.5) is 0 Å². The first-order chi connectivity index (χ1) is 8.15. The van der Waals surface area contributed by atoms with Gasteiger partial charge in [-0.3, -0.25) is 4.79 Å². The molecule has 0 saturated carbocycles. The Bertz CT molecular complexity index is 279. The molecule has 2 N–H and O–H groups in total. The van der Waals surface area contributed by atoms with Crippen molar-refractivity contribution in [3.05, 3.63) is 0 Å². The van der Waals surface area contributed by atoms with Crippen LogP contribution in [-0.2, 0) is 19.1 Å². The van der Waals surface area contributed by atoms with Gasteiger partial charge in [-0.1, -0.05) is 0 Å². The normalized spacial score (nSPS) is 22.1. The number of hydrogen-bond acceptors (Lipinski definition) is 5. The first-order valence-corrected chi connectivity index (χ1v) is 5.76. The summed E-state index contributed by atoms with van der Waals surface area (Å²) < 4.78 is 9.72. The molecule has 0 radical (unpaired) electrons. The minimum Gasteiger partial charge on any atom is -0.467 e. The lowest BCUT2D eigenvalue weighted by molar-refractivity contribution is -0.158. The van der Waals surface area contributed by atoms with Crippen LogP contribution in [0, 0.1) is 0 Å². The van der Waals surface area contributed by atoms with E-state index in [0.29, 0.717) is 13.0 Å². The number of esters is 1. The quantitative estimate of drug-likeness (QED) is 0.675. The topological polar surface area (TPSA) is 81.9 Å². The van der Waals surface area contributed by atoms with E-state index >= 15 is 0 Å². The zero-order valence-corrected chi connectivity index (χ0v) is 10.3. The molecule has 17 heavy (non-hydrogen) atoms. The van der Waals surface area contributed by atoms with Crippen LogP contribution in [0.1, 0.15) is 19.3 Å². The zero-order chi connectivity index (χ0) is 12.8. The number of likely N-dealkylation sites (tertiary alicyclic amines) is 1. The molecule has 1 fully saturated rings. The molecule has 0 aliphatic carbocycles. The maximum atomic E-state index is 12.1. The van der Waals surface area contributed by atoms with E-state index in [9.17, 15) is 9.59 Å². The summed E-state index contributed by atoms with van der Waals surface area (Å²) in [7, 11) is 2.77. The number of hydrogen-bond donors (Lipinski definition) is 1. The van der Waals surface area contributed by atoms with Crippen molar-refractivity contribution in [1.29, 1.82) is 0 Å². The van der Waals surface area contributed by atoms with Crippen molar-refractivity contribution in [2.75, 3.05) is 27.3 Å². The summed E-state index contributed by atoms with van der Waals surface area (Å²) in [6.45, 7) is 0.665. The summed E-state index contributed by atoms with van der Waals surface area (Å²) in [5.74, 6) is -0.602. The van der Waals surface area contributed by atoms with Crippen LogP contribution in [0.5, 0.6) is 0 Å². The predicted octanol–water partition coefficient (Wildman–Crippen LogP) is -0.486. The molecule has 0 spiro atoms. The second-order valence-corrected chi connectivity index (χ2v) is 4.03. The first-order valence-electron chi connectivity index (χ1n) is 5.76. The van der Waals surface area contributed by atoms with Crippen LogP contribution in [0.15, 0.2) is 0 Å². The summed E-state index contributed by atoms with van der Waals surface area (Å²) in [6, 6.07) is -0.495. The smallest absolute Gasteiger partial charge is 0.328 e. The van der Waals surface area contributed by atoms with Crippen LogP contribution in [0.2, 0.25) is 0 Å². The Morgan fingerprint density at radius 3 is 2.65 bits per heavy atom. The van der Waals surface area contributed by atoms with Crippen LogP contribution in [0.25, 0.3) is 0 Å². The van der Waals surface area contributed by atoms with Gasteiger partial charge in [0.2, 0.25) is 0 Å². The molecule has 0 aromatic heterocycles. The number of methoxy groups -OCH3 is 2. The maximum Gasteiger partial charge on any atom is 0.328 e. The van der Waals surface area contributed by atoms with Gasteiger partial charge in [-0.05, 0) is 19.3 Å². The molecule has 1 aliphatic heterocycles. The fourth-order valence-electron chi connectivity index (χ4n) is 2.06. The Labute approximate surface area is 101 Å². The van der Waals surface area contributed by atoms with Crippen molar-refractivity contribution in [2.45, 2.75) is 31.4 Å². The standard InChI is InChI=1S/C11H20N2O4/c1-16-9(7-12)10(14)13-6-4-3-5-8(13)11(15)17-2/h8-9H,3-7,12H2,1-2H3. The maximum absolute atomic E-state index is 12.1. The fraction of sp³-hybridized carbons (Fsp3) is 0.818. The first kappa shape index (κ1) is 13.9. The molecule has 1 heterocycles. The Hall–Kier alpha value is -1.14. The molecular formula is C11H20N2O4. The second-order valence-electron chi connectivity index (χ2n) is 4.03. The highest BCUT2D eigenvalue weighted by molar-refractivity contribution is 5.87. The Morgan fingerprint density at radius 1 is 1.41 bits per heavy atom. The van der Waals surface area contributed by atoms with Gasteiger partial charge in [0.05, 0.1) is 7.11 Å². The lowest BCUT2D eigenvalue weighted by Gasteiger charge is -2.35. The van der Waals surface area contributed by atoms with Crippen molar-refractivity contribution >= 4 is 11.9 Å². The molecule has 2 unspecified atom stereocenters. The Balaban J connectivity index is 2.76. The second kappa shape index (κ2) is 6.56. The number of nitrogens with two attached hydrogens (primary N) is 1. The summed E-state index contributed by atoms with van der Waals surface area (Å²) in [5, 5.41) is 0. The van der Waals surface area contributed by atoms with E-state index in [-0.39, 0.29) is 18.4 Å². The number of rotatable bonds is 4. The van der Waals surface area contributed by atoms with Gasteiger partial charge in [0.25, 0.3) is 5.91 Å². The summed E-state index contributed by atoms with van der Waals surface area (Å²) in [6.07, 6.45) is 1.77. The largest absolute Gasteiger partial charge is 0.467 e. The van der Waals surface area contributed by atoms with E-state index < -0.39 is 12.1 Å². The number of amides is 1. The van der Waals surface area contributed by atoms with E-state index in [0.717, 1.165) is 12.8 Å². The molecule has 0 aromatic carbocycles. The Kier molecular flexibility index (Phi) is 5.37. The van der Waals surface area contributed by atoms with E-state index in [1.165, 1.54) is 19.1 Å². The molecular weight excluding hydrogens is 224 g/mol. The third kappa shape index (κ3) is 3.17. The third-order valence-corrected chi connectivity index (χ3v) is 3.03. The molecule has 1 aliphatic rings. The molecule has 0 bridgehead atoms. The van der Waals surface area contributed by atoms with Crippen molar-refractivity contribution in [3.63, 3.8) is 0 Å². The van der Waals surface area contributed by atoms with E-state index in [1.54, 1.807) is 0 Å². The fourth-order valence-corrected chi connectivity index (χ4v) is 2.06. The summed E-state index contributed by atoms with van der Waals surface area (Å²) in [5.41, 5.74) is 5.46. The minimum absolute atomic E-state index is 0.111. The molecule has 6 nitrogen and oxygen atoms in total. The van der Waals surface area contributed by atoms with Gasteiger partial charge < -0.3 is 20.1 Å². The minimum atomic E-state index is -0.680. The lowest BCUT2D eigenvalue weighted by atomic mass is 10.0. The Morgan fingerprint density at radius 2 is 2.12 bits per heavy atom. The van der Waals surface area contributed by atoms with Crippen LogP contribution < -0.4 is 5.73 Å². The van der Waals surface area contributed by atoms with E-state index in [2.05, 4.69) is 0 Å². The van der Waals surface area contributed by atoms with Crippen molar-refractivity contribution < 1.29 is 19.1 Å². The summed E-state index contributed by atoms with van der Waals surface area (Å²) in [4.78, 5) is 25.2. The highest BCUT2D eigenvalue weighted by atomic mass is 16.5. The van der Waals surface area contributed by atoms with Crippen molar-refractivity contribution in [2.24, 2.45) is 5.73 Å². The van der Waals surface area contributed by atoms with Crippen LogP contribution in [-0.4, -0.2) is 56.2 Å². The molecule has 98 valence electrons. The monoisotopic (exact) mass is 244 g/mol. The zero-order valence-electron chi connectivity index (χ0n) is 10.3.